The van der Waals surface area contributed by atoms with E-state index in [0.29, 0.717) is 23.6 Å². The molecule has 0 aliphatic heterocycles. The summed E-state index contributed by atoms with van der Waals surface area (Å²) >= 11 is 5.91. The molecule has 0 aliphatic rings. The lowest BCUT2D eigenvalue weighted by molar-refractivity contribution is 0.140. The smallest absolute Gasteiger partial charge is 0.123 e. The number of hydrogen-bond donors (Lipinski definition) is 2. The molecule has 0 radical (unpaired) electrons. The van der Waals surface area contributed by atoms with Crippen LogP contribution in [-0.4, -0.2) is 11.7 Å². The molecule has 0 unspecified atom stereocenters. The SMILES string of the molecule is Cc1cc(Cl)c(C)c(O)c1CCON. The van der Waals surface area contributed by atoms with E-state index >= 15 is 0 Å². The molecule has 0 spiro atoms. The number of phenols is 1. The van der Waals surface area contributed by atoms with Gasteiger partial charge in [-0.25, -0.2) is 5.90 Å². The first-order valence-corrected chi connectivity index (χ1v) is 4.75. The molecule has 1 aromatic carbocycles. The van der Waals surface area contributed by atoms with Crippen LogP contribution in [0, 0.1) is 13.8 Å². The van der Waals surface area contributed by atoms with Crippen molar-refractivity contribution in [3.8, 4) is 5.75 Å². The summed E-state index contributed by atoms with van der Waals surface area (Å²) in [6, 6.07) is 1.84. The molecule has 78 valence electrons. The summed E-state index contributed by atoms with van der Waals surface area (Å²) in [5.41, 5.74) is 2.50. The quantitative estimate of drug-likeness (QED) is 0.760. The predicted molar refractivity (Wildman–Crippen MR) is 56.4 cm³/mol. The molecule has 0 aliphatic carbocycles. The van der Waals surface area contributed by atoms with Crippen LogP contribution in [0.3, 0.4) is 0 Å². The minimum atomic E-state index is 0.243. The summed E-state index contributed by atoms with van der Waals surface area (Å²) in [7, 11) is 0. The van der Waals surface area contributed by atoms with Crippen LogP contribution in [-0.2, 0) is 11.3 Å². The lowest BCUT2D eigenvalue weighted by Crippen LogP contribution is -2.05. The molecule has 4 heteroatoms. The van der Waals surface area contributed by atoms with E-state index in [2.05, 4.69) is 4.84 Å². The van der Waals surface area contributed by atoms with Gasteiger partial charge in [0.15, 0.2) is 0 Å². The largest absolute Gasteiger partial charge is 0.507 e. The third-order valence-electron chi connectivity index (χ3n) is 2.29. The van der Waals surface area contributed by atoms with Crippen LogP contribution in [0.15, 0.2) is 6.07 Å². The fraction of sp³-hybridized carbons (Fsp3) is 0.400. The second-order valence-corrected chi connectivity index (χ2v) is 3.66. The van der Waals surface area contributed by atoms with Crippen molar-refractivity contribution >= 4 is 11.6 Å². The van der Waals surface area contributed by atoms with Crippen molar-refractivity contribution in [1.29, 1.82) is 0 Å². The van der Waals surface area contributed by atoms with Crippen LogP contribution >= 0.6 is 11.6 Å². The standard InChI is InChI=1S/C10H14ClNO2/c1-6-5-9(11)7(2)10(13)8(6)3-4-14-12/h5,13H,3-4,12H2,1-2H3. The fourth-order valence-corrected chi connectivity index (χ4v) is 1.64. The van der Waals surface area contributed by atoms with E-state index in [1.54, 1.807) is 6.92 Å². The van der Waals surface area contributed by atoms with Crippen molar-refractivity contribution in [1.82, 2.24) is 0 Å². The number of phenolic OH excluding ortho intramolecular Hbond substituents is 1. The van der Waals surface area contributed by atoms with E-state index in [0.717, 1.165) is 11.1 Å². The lowest BCUT2D eigenvalue weighted by atomic mass is 10.0. The number of nitrogens with two attached hydrogens (primary N) is 1. The van der Waals surface area contributed by atoms with E-state index in [-0.39, 0.29) is 5.75 Å². The Hall–Kier alpha value is -0.770. The summed E-state index contributed by atoms with van der Waals surface area (Å²) in [5.74, 6) is 5.18. The van der Waals surface area contributed by atoms with Gasteiger partial charge in [-0.3, -0.25) is 0 Å². The molecule has 0 saturated carbocycles. The van der Waals surface area contributed by atoms with Gasteiger partial charge in [0.25, 0.3) is 0 Å². The highest BCUT2D eigenvalue weighted by molar-refractivity contribution is 6.31. The van der Waals surface area contributed by atoms with Crippen LogP contribution in [0.1, 0.15) is 16.7 Å². The van der Waals surface area contributed by atoms with E-state index in [4.69, 9.17) is 17.5 Å². The normalized spacial score (nSPS) is 10.6. The molecule has 1 aromatic rings. The van der Waals surface area contributed by atoms with Gasteiger partial charge in [-0.15, -0.1) is 0 Å². The zero-order valence-corrected chi connectivity index (χ0v) is 9.06. The summed E-state index contributed by atoms with van der Waals surface area (Å²) in [6.07, 6.45) is 0.589. The third kappa shape index (κ3) is 2.18. The van der Waals surface area contributed by atoms with Gasteiger partial charge in [0, 0.05) is 17.0 Å². The highest BCUT2D eigenvalue weighted by Gasteiger charge is 2.10. The Labute approximate surface area is 88.4 Å². The number of aromatic hydroxyl groups is 1. The molecule has 0 atom stereocenters. The maximum Gasteiger partial charge on any atom is 0.123 e. The van der Waals surface area contributed by atoms with Crippen LogP contribution in [0.4, 0.5) is 0 Å². The summed E-state index contributed by atoms with van der Waals surface area (Å²) in [4.78, 5) is 4.48. The fourth-order valence-electron chi connectivity index (χ4n) is 1.39. The van der Waals surface area contributed by atoms with Crippen LogP contribution in [0.5, 0.6) is 5.75 Å². The summed E-state index contributed by atoms with van der Waals surface area (Å²) < 4.78 is 0. The van der Waals surface area contributed by atoms with Crippen LogP contribution in [0.2, 0.25) is 5.02 Å². The van der Waals surface area contributed by atoms with Crippen molar-refractivity contribution < 1.29 is 9.94 Å². The van der Waals surface area contributed by atoms with E-state index in [1.165, 1.54) is 0 Å². The Morgan fingerprint density at radius 3 is 2.71 bits per heavy atom. The van der Waals surface area contributed by atoms with Gasteiger partial charge in [0.2, 0.25) is 0 Å². The molecular weight excluding hydrogens is 202 g/mol. The molecule has 1 rings (SSSR count). The molecule has 0 amide bonds. The molecule has 14 heavy (non-hydrogen) atoms. The number of halogens is 1. The monoisotopic (exact) mass is 215 g/mol. The van der Waals surface area contributed by atoms with Gasteiger partial charge in [0.1, 0.15) is 5.75 Å². The number of rotatable bonds is 3. The molecule has 0 bridgehead atoms. The zero-order chi connectivity index (χ0) is 10.7. The molecule has 0 aromatic heterocycles. The van der Waals surface area contributed by atoms with Crippen molar-refractivity contribution in [3.63, 3.8) is 0 Å². The zero-order valence-electron chi connectivity index (χ0n) is 8.30. The molecule has 3 nitrogen and oxygen atoms in total. The van der Waals surface area contributed by atoms with Gasteiger partial charge in [0.05, 0.1) is 6.61 Å². The third-order valence-corrected chi connectivity index (χ3v) is 2.68. The first kappa shape index (κ1) is 11.3. The maximum atomic E-state index is 9.81. The molecule has 0 heterocycles. The van der Waals surface area contributed by atoms with Crippen LogP contribution in [0.25, 0.3) is 0 Å². The second-order valence-electron chi connectivity index (χ2n) is 3.25. The topological polar surface area (TPSA) is 55.5 Å². The second kappa shape index (κ2) is 4.64. The minimum absolute atomic E-state index is 0.243. The lowest BCUT2D eigenvalue weighted by Gasteiger charge is -2.11. The average Bonchev–Trinajstić information content (AvgIpc) is 2.14. The maximum absolute atomic E-state index is 9.81. The van der Waals surface area contributed by atoms with Crippen LogP contribution < -0.4 is 5.90 Å². The Bertz CT molecular complexity index is 339. The summed E-state index contributed by atoms with van der Waals surface area (Å²) in [6.45, 7) is 4.07. The first-order chi connectivity index (χ1) is 6.57. The van der Waals surface area contributed by atoms with Crippen molar-refractivity contribution in [2.75, 3.05) is 6.61 Å². The number of aryl methyl sites for hydroxylation is 1. The Kier molecular flexibility index (Phi) is 3.75. The van der Waals surface area contributed by atoms with Crippen molar-refractivity contribution in [2.45, 2.75) is 20.3 Å². The molecule has 0 fully saturated rings. The van der Waals surface area contributed by atoms with Gasteiger partial charge in [-0.05, 0) is 31.0 Å². The minimum Gasteiger partial charge on any atom is -0.507 e. The van der Waals surface area contributed by atoms with Crippen molar-refractivity contribution in [2.24, 2.45) is 5.90 Å². The van der Waals surface area contributed by atoms with Crippen molar-refractivity contribution in [3.05, 3.63) is 27.8 Å². The van der Waals surface area contributed by atoms with E-state index in [1.807, 2.05) is 13.0 Å². The number of hydrogen-bond acceptors (Lipinski definition) is 3. The highest BCUT2D eigenvalue weighted by atomic mass is 35.5. The van der Waals surface area contributed by atoms with Gasteiger partial charge >= 0.3 is 0 Å². The van der Waals surface area contributed by atoms with Gasteiger partial charge in [-0.1, -0.05) is 11.6 Å². The predicted octanol–water partition coefficient (Wildman–Crippen LogP) is 2.10. The summed E-state index contributed by atoms with van der Waals surface area (Å²) in [5, 5.41) is 10.4. The Morgan fingerprint density at radius 1 is 1.50 bits per heavy atom. The number of benzene rings is 1. The highest BCUT2D eigenvalue weighted by Crippen LogP contribution is 2.31. The molecule has 3 N–H and O–H groups in total. The molecular formula is C10H14ClNO2. The molecule has 0 saturated heterocycles. The van der Waals surface area contributed by atoms with Gasteiger partial charge < -0.3 is 9.94 Å². The van der Waals surface area contributed by atoms with E-state index < -0.39 is 0 Å². The first-order valence-electron chi connectivity index (χ1n) is 4.37. The Morgan fingerprint density at radius 2 is 2.14 bits per heavy atom. The average molecular weight is 216 g/mol. The van der Waals surface area contributed by atoms with Gasteiger partial charge in [-0.2, -0.15) is 0 Å². The Balaban J connectivity index is 3.09. The van der Waals surface area contributed by atoms with E-state index in [9.17, 15) is 5.11 Å².